The third-order valence-corrected chi connectivity index (χ3v) is 1.18. The first kappa shape index (κ1) is 6.34. The van der Waals surface area contributed by atoms with Crippen molar-refractivity contribution in [1.29, 1.82) is 0 Å². The Balaban J connectivity index is 2.66. The van der Waals surface area contributed by atoms with E-state index in [1.54, 1.807) is 6.26 Å². The summed E-state index contributed by atoms with van der Waals surface area (Å²) in [6, 6.07) is 0. The molecule has 0 radical (unpaired) electrons. The first-order valence-corrected chi connectivity index (χ1v) is 5.44. The van der Waals surface area contributed by atoms with Gasteiger partial charge in [-0.25, -0.2) is 0 Å². The Labute approximate surface area is 51.5 Å². The van der Waals surface area contributed by atoms with Crippen molar-refractivity contribution in [1.82, 2.24) is 0 Å². The van der Waals surface area contributed by atoms with E-state index in [0.717, 1.165) is 6.61 Å². The molecule has 0 N–H and O–H groups in total. The Hall–Kier alpha value is 0.339. The van der Waals surface area contributed by atoms with E-state index in [1.807, 2.05) is 6.92 Å². The standard InChI is InChI=1S/C4H7O.Sn.3H/c1-3-5-4-2;;;;/h1,3H,4H2,2H3;;;;. The fourth-order valence-electron chi connectivity index (χ4n) is 0.192. The van der Waals surface area contributed by atoms with Crippen molar-refractivity contribution in [2.75, 3.05) is 6.61 Å². The minimum atomic E-state index is 0.673. The molecule has 0 amide bonds. The molecule has 36 valence electrons. The van der Waals surface area contributed by atoms with Crippen molar-refractivity contribution < 1.29 is 4.74 Å². The van der Waals surface area contributed by atoms with Crippen molar-refractivity contribution in [3.8, 4) is 0 Å². The van der Waals surface area contributed by atoms with Gasteiger partial charge in [0.05, 0.1) is 0 Å². The average molecular weight is 193 g/mol. The molecule has 0 spiro atoms. The van der Waals surface area contributed by atoms with Crippen molar-refractivity contribution in [2.24, 2.45) is 0 Å². The first-order chi connectivity index (χ1) is 2.91. The Morgan fingerprint density at radius 1 is 1.83 bits per heavy atom. The van der Waals surface area contributed by atoms with Gasteiger partial charge in [0.1, 0.15) is 0 Å². The molecular formula is C4H10OSn. The van der Waals surface area contributed by atoms with Crippen LogP contribution >= 0.6 is 0 Å². The molecule has 0 saturated carbocycles. The van der Waals surface area contributed by atoms with Gasteiger partial charge >= 0.3 is 51.1 Å². The SMILES string of the molecule is CCOC=[CH][SnH3]. The summed E-state index contributed by atoms with van der Waals surface area (Å²) < 4.78 is 6.93. The van der Waals surface area contributed by atoms with Crippen molar-refractivity contribution in [3.05, 3.63) is 10.4 Å². The van der Waals surface area contributed by atoms with Gasteiger partial charge in [-0.1, -0.05) is 0 Å². The predicted octanol–water partition coefficient (Wildman–Crippen LogP) is -0.141. The van der Waals surface area contributed by atoms with Crippen molar-refractivity contribution >= 4 is 22.5 Å². The maximum atomic E-state index is 4.85. The van der Waals surface area contributed by atoms with Crippen molar-refractivity contribution in [2.45, 2.75) is 6.92 Å². The van der Waals surface area contributed by atoms with Gasteiger partial charge in [0.15, 0.2) is 0 Å². The van der Waals surface area contributed by atoms with Gasteiger partial charge in [-0.05, 0) is 0 Å². The van der Waals surface area contributed by atoms with Crippen LogP contribution in [0.3, 0.4) is 0 Å². The summed E-state index contributed by atoms with van der Waals surface area (Å²) in [6.07, 6.45) is 1.77. The van der Waals surface area contributed by atoms with E-state index in [1.165, 1.54) is 0 Å². The topological polar surface area (TPSA) is 9.23 Å². The summed E-state index contributed by atoms with van der Waals surface area (Å²) in [5.74, 6) is 0. The molecule has 0 unspecified atom stereocenters. The molecular weight excluding hydrogens is 183 g/mol. The van der Waals surface area contributed by atoms with Crippen LogP contribution in [0, 0.1) is 0 Å². The Morgan fingerprint density at radius 2 is 2.50 bits per heavy atom. The summed E-state index contributed by atoms with van der Waals surface area (Å²) in [5.41, 5.74) is 0. The second-order valence-electron chi connectivity index (χ2n) is 0.925. The Kier molecular flexibility index (Phi) is 5.64. The second kappa shape index (κ2) is 5.34. The molecule has 0 aromatic heterocycles. The van der Waals surface area contributed by atoms with Gasteiger partial charge < -0.3 is 0 Å². The normalized spacial score (nSPS) is 10.2. The van der Waals surface area contributed by atoms with Crippen LogP contribution in [0.1, 0.15) is 6.92 Å². The third kappa shape index (κ3) is 4.34. The second-order valence-corrected chi connectivity index (χ2v) is 2.83. The minimum absolute atomic E-state index is 0.673. The van der Waals surface area contributed by atoms with Gasteiger partial charge in [-0.3, -0.25) is 0 Å². The fraction of sp³-hybridized carbons (Fsp3) is 0.500. The number of hydrogen-bond acceptors (Lipinski definition) is 1. The maximum absolute atomic E-state index is 4.85. The summed E-state index contributed by atoms with van der Waals surface area (Å²) >= 11 is 0.673. The van der Waals surface area contributed by atoms with Gasteiger partial charge in [0, 0.05) is 0 Å². The Morgan fingerprint density at radius 3 is 2.67 bits per heavy atom. The van der Waals surface area contributed by atoms with E-state index in [9.17, 15) is 0 Å². The van der Waals surface area contributed by atoms with Gasteiger partial charge in [0.2, 0.25) is 0 Å². The first-order valence-electron chi connectivity index (χ1n) is 2.14. The molecule has 0 aliphatic rings. The van der Waals surface area contributed by atoms with E-state index >= 15 is 0 Å². The zero-order valence-corrected chi connectivity index (χ0v) is 9.98. The van der Waals surface area contributed by atoms with E-state index in [0.29, 0.717) is 22.5 Å². The zero-order valence-electron chi connectivity index (χ0n) is 4.27. The van der Waals surface area contributed by atoms with E-state index in [4.69, 9.17) is 4.74 Å². The third-order valence-electron chi connectivity index (χ3n) is 0.399. The van der Waals surface area contributed by atoms with Crippen molar-refractivity contribution in [3.63, 3.8) is 0 Å². The molecule has 0 heterocycles. The van der Waals surface area contributed by atoms with Crippen LogP contribution in [-0.2, 0) is 4.74 Å². The molecule has 0 aliphatic heterocycles. The molecule has 1 nitrogen and oxygen atoms in total. The van der Waals surface area contributed by atoms with Gasteiger partial charge in [-0.15, -0.1) is 0 Å². The van der Waals surface area contributed by atoms with Crippen LogP contribution in [0.5, 0.6) is 0 Å². The van der Waals surface area contributed by atoms with Crippen LogP contribution in [0.15, 0.2) is 10.4 Å². The fourth-order valence-corrected chi connectivity index (χ4v) is 0.742. The van der Waals surface area contributed by atoms with Crippen LogP contribution in [-0.4, -0.2) is 29.1 Å². The molecule has 0 saturated heterocycles. The van der Waals surface area contributed by atoms with Crippen LogP contribution in [0.2, 0.25) is 0 Å². The van der Waals surface area contributed by atoms with Gasteiger partial charge in [-0.2, -0.15) is 0 Å². The van der Waals surface area contributed by atoms with Gasteiger partial charge in [0.25, 0.3) is 0 Å². The molecule has 0 fully saturated rings. The number of hydrogen-bond donors (Lipinski definition) is 0. The van der Waals surface area contributed by atoms with E-state index < -0.39 is 0 Å². The molecule has 0 aromatic carbocycles. The zero-order chi connectivity index (χ0) is 4.83. The van der Waals surface area contributed by atoms with Crippen LogP contribution in [0.25, 0.3) is 0 Å². The van der Waals surface area contributed by atoms with E-state index in [2.05, 4.69) is 4.09 Å². The molecule has 0 aromatic rings. The summed E-state index contributed by atoms with van der Waals surface area (Å²) in [4.78, 5) is 0. The van der Waals surface area contributed by atoms with Crippen LogP contribution < -0.4 is 0 Å². The molecule has 0 bridgehead atoms. The quantitative estimate of drug-likeness (QED) is 0.438. The summed E-state index contributed by atoms with van der Waals surface area (Å²) in [5, 5.41) is 0. The Bertz CT molecular complexity index is 42.8. The number of rotatable bonds is 2. The monoisotopic (exact) mass is 194 g/mol. The van der Waals surface area contributed by atoms with E-state index in [-0.39, 0.29) is 0 Å². The summed E-state index contributed by atoms with van der Waals surface area (Å²) in [7, 11) is 0. The summed E-state index contributed by atoms with van der Waals surface area (Å²) in [6.45, 7) is 2.78. The molecule has 0 rings (SSSR count). The molecule has 6 heavy (non-hydrogen) atoms. The van der Waals surface area contributed by atoms with Crippen LogP contribution in [0.4, 0.5) is 0 Å². The molecule has 0 aliphatic carbocycles. The number of ether oxygens (including phenoxy) is 1. The average Bonchev–Trinajstić information content (AvgIpc) is 1.61. The molecule has 0 atom stereocenters. The predicted molar refractivity (Wildman–Crippen MR) is 30.7 cm³/mol. The molecule has 2 heteroatoms.